The van der Waals surface area contributed by atoms with E-state index in [-0.39, 0.29) is 26.4 Å². The maximum Gasteiger partial charge on any atom is 0.418 e. The van der Waals surface area contributed by atoms with Crippen molar-refractivity contribution < 1.29 is 22.8 Å². The Balaban J connectivity index is 1.83. The lowest BCUT2D eigenvalue weighted by molar-refractivity contribution is -0.137. The molecule has 0 atom stereocenters. The van der Waals surface area contributed by atoms with Crippen molar-refractivity contribution in [3.63, 3.8) is 0 Å². The number of nitrogens with one attached hydrogen (secondary N) is 1. The molecule has 1 aliphatic rings. The van der Waals surface area contributed by atoms with Crippen molar-refractivity contribution in [3.8, 4) is 5.69 Å². The third-order valence-electron chi connectivity index (χ3n) is 4.83. The molecule has 1 aromatic heterocycles. The molecule has 0 radical (unpaired) electrons. The average Bonchev–Trinajstić information content (AvgIpc) is 3.19. The first kappa shape index (κ1) is 24.3. The van der Waals surface area contributed by atoms with E-state index in [1.54, 1.807) is 12.1 Å². The second kappa shape index (κ2) is 9.07. The van der Waals surface area contributed by atoms with E-state index in [1.165, 1.54) is 36.5 Å². The predicted molar refractivity (Wildman–Crippen MR) is 128 cm³/mol. The lowest BCUT2D eigenvalue weighted by Gasteiger charge is -2.29. The highest BCUT2D eigenvalue weighted by molar-refractivity contribution is 7.80. The second-order valence-corrected chi connectivity index (χ2v) is 8.69. The Bertz CT molecular complexity index is 1370. The highest BCUT2D eigenvalue weighted by Gasteiger charge is 2.37. The van der Waals surface area contributed by atoms with E-state index < -0.39 is 29.2 Å². The van der Waals surface area contributed by atoms with Gasteiger partial charge in [-0.1, -0.05) is 34.8 Å². The molecule has 12 heteroatoms. The Hall–Kier alpha value is -2.85. The molecule has 1 aliphatic heterocycles. The first-order valence-electron chi connectivity index (χ1n) is 9.38. The Morgan fingerprint density at radius 3 is 2.29 bits per heavy atom. The van der Waals surface area contributed by atoms with E-state index in [1.807, 2.05) is 0 Å². The third kappa shape index (κ3) is 4.56. The Morgan fingerprint density at radius 1 is 0.971 bits per heavy atom. The van der Waals surface area contributed by atoms with Gasteiger partial charge >= 0.3 is 6.18 Å². The maximum atomic E-state index is 13.7. The zero-order valence-corrected chi connectivity index (χ0v) is 19.7. The van der Waals surface area contributed by atoms with Crippen LogP contribution in [0.4, 0.5) is 18.9 Å². The van der Waals surface area contributed by atoms with Crippen LogP contribution in [-0.4, -0.2) is 21.5 Å². The average molecular weight is 545 g/mol. The van der Waals surface area contributed by atoms with Crippen LogP contribution in [0.15, 0.2) is 60.3 Å². The summed E-state index contributed by atoms with van der Waals surface area (Å²) in [5.41, 5.74) is -1.38. The number of alkyl halides is 3. The molecule has 1 fully saturated rings. The number of nitrogens with zero attached hydrogens (tertiary/aromatic N) is 2. The highest BCUT2D eigenvalue weighted by Crippen LogP contribution is 2.40. The molecule has 4 rings (SSSR count). The zero-order chi connectivity index (χ0) is 24.8. The molecule has 3 aromatic rings. The van der Waals surface area contributed by atoms with Crippen LogP contribution in [0.3, 0.4) is 0 Å². The van der Waals surface area contributed by atoms with Crippen molar-refractivity contribution >= 4 is 75.7 Å². The molecule has 34 heavy (non-hydrogen) atoms. The fraction of sp³-hybridized carbons (Fsp3) is 0.0455. The number of carbonyl (C=O) groups is 2. The van der Waals surface area contributed by atoms with Crippen LogP contribution < -0.4 is 10.2 Å². The number of hydrogen-bond acceptors (Lipinski definition) is 3. The van der Waals surface area contributed by atoms with Crippen molar-refractivity contribution in [2.75, 3.05) is 4.90 Å². The summed E-state index contributed by atoms with van der Waals surface area (Å²) in [6, 6.07) is 10.9. The molecule has 0 saturated carbocycles. The van der Waals surface area contributed by atoms with Gasteiger partial charge in [0.25, 0.3) is 11.8 Å². The molecule has 2 aromatic carbocycles. The van der Waals surface area contributed by atoms with E-state index in [4.69, 9.17) is 47.0 Å². The summed E-state index contributed by atoms with van der Waals surface area (Å²) in [5.74, 6) is -1.56. The number of carbonyl (C=O) groups excluding carboxylic acids is 2. The summed E-state index contributed by atoms with van der Waals surface area (Å²) in [6.45, 7) is 0. The van der Waals surface area contributed by atoms with Gasteiger partial charge in [-0.15, -0.1) is 0 Å². The quantitative estimate of drug-likeness (QED) is 0.240. The van der Waals surface area contributed by atoms with Crippen LogP contribution in [0, 0.1) is 0 Å². The van der Waals surface area contributed by atoms with Gasteiger partial charge in [-0.05, 0) is 66.8 Å². The monoisotopic (exact) mass is 543 g/mol. The maximum absolute atomic E-state index is 13.7. The van der Waals surface area contributed by atoms with Gasteiger partial charge in [0.15, 0.2) is 5.11 Å². The summed E-state index contributed by atoms with van der Waals surface area (Å²) < 4.78 is 42.3. The molecule has 2 amide bonds. The van der Waals surface area contributed by atoms with Crippen LogP contribution in [-0.2, 0) is 15.8 Å². The number of aromatic nitrogens is 1. The van der Waals surface area contributed by atoms with Gasteiger partial charge in [-0.2, -0.15) is 13.2 Å². The van der Waals surface area contributed by atoms with E-state index in [2.05, 4.69) is 5.32 Å². The van der Waals surface area contributed by atoms with Crippen molar-refractivity contribution in [2.45, 2.75) is 6.18 Å². The van der Waals surface area contributed by atoms with E-state index in [0.29, 0.717) is 10.7 Å². The molecular formula is C22H11Cl3F3N3O2S. The Kier molecular flexibility index (Phi) is 6.48. The summed E-state index contributed by atoms with van der Waals surface area (Å²) in [7, 11) is 0. The zero-order valence-electron chi connectivity index (χ0n) is 16.7. The minimum absolute atomic E-state index is 0.0945. The van der Waals surface area contributed by atoms with Crippen LogP contribution in [0.25, 0.3) is 11.8 Å². The van der Waals surface area contributed by atoms with Gasteiger partial charge in [-0.3, -0.25) is 19.8 Å². The largest absolute Gasteiger partial charge is 0.418 e. The summed E-state index contributed by atoms with van der Waals surface area (Å²) in [4.78, 5) is 26.9. The molecule has 0 unspecified atom stereocenters. The summed E-state index contributed by atoms with van der Waals surface area (Å²) >= 11 is 23.0. The fourth-order valence-corrected chi connectivity index (χ4v) is 4.36. The first-order valence-corrected chi connectivity index (χ1v) is 10.9. The Labute approximate surface area is 211 Å². The fourth-order valence-electron chi connectivity index (χ4n) is 3.37. The molecule has 2 heterocycles. The molecule has 1 N–H and O–H groups in total. The van der Waals surface area contributed by atoms with Crippen LogP contribution in [0.5, 0.6) is 0 Å². The highest BCUT2D eigenvalue weighted by atomic mass is 35.5. The molecule has 5 nitrogen and oxygen atoms in total. The van der Waals surface area contributed by atoms with Gasteiger partial charge in [0.2, 0.25) is 0 Å². The molecular weight excluding hydrogens is 534 g/mol. The molecule has 0 spiro atoms. The molecule has 174 valence electrons. The van der Waals surface area contributed by atoms with Gasteiger partial charge in [-0.25, -0.2) is 0 Å². The standard InChI is InChI=1S/C22H11Cl3F3N3O2S/c23-11-3-5-13(6-4-11)31-20(33)15(19(32)29-21(31)34)10-14-2-1-7-30(14)18-16(22(26,27)28)8-12(24)9-17(18)25/h1-10H,(H,29,32,34)/b15-10+. The topological polar surface area (TPSA) is 54.3 Å². The van der Waals surface area contributed by atoms with Crippen molar-refractivity contribution in [2.24, 2.45) is 0 Å². The van der Waals surface area contributed by atoms with Gasteiger partial charge in [0.05, 0.1) is 22.0 Å². The summed E-state index contributed by atoms with van der Waals surface area (Å²) in [5, 5.41) is 2.24. The number of anilines is 1. The molecule has 0 bridgehead atoms. The predicted octanol–water partition coefficient (Wildman–Crippen LogP) is 6.29. The van der Waals surface area contributed by atoms with Crippen LogP contribution >= 0.6 is 47.0 Å². The van der Waals surface area contributed by atoms with Crippen LogP contribution in [0.2, 0.25) is 15.1 Å². The van der Waals surface area contributed by atoms with Gasteiger partial charge in [0.1, 0.15) is 5.57 Å². The number of benzene rings is 2. The lowest BCUT2D eigenvalue weighted by Crippen LogP contribution is -2.54. The van der Waals surface area contributed by atoms with E-state index in [9.17, 15) is 22.8 Å². The molecule has 1 saturated heterocycles. The first-order chi connectivity index (χ1) is 16.0. The smallest absolute Gasteiger partial charge is 0.315 e. The SMILES string of the molecule is O=C1NC(=S)N(c2ccc(Cl)cc2)C(=O)/C1=C/c1cccn1-c1c(Cl)cc(Cl)cc1C(F)(F)F. The number of thiocarbonyl (C=S) groups is 1. The normalized spacial score (nSPS) is 15.8. The van der Waals surface area contributed by atoms with Gasteiger partial charge in [0, 0.05) is 21.9 Å². The van der Waals surface area contributed by atoms with Crippen molar-refractivity contribution in [1.29, 1.82) is 0 Å². The Morgan fingerprint density at radius 2 is 1.65 bits per heavy atom. The minimum atomic E-state index is -4.77. The van der Waals surface area contributed by atoms with E-state index >= 15 is 0 Å². The molecule has 0 aliphatic carbocycles. The lowest BCUT2D eigenvalue weighted by atomic mass is 10.1. The van der Waals surface area contributed by atoms with E-state index in [0.717, 1.165) is 21.6 Å². The minimum Gasteiger partial charge on any atom is -0.315 e. The van der Waals surface area contributed by atoms with Crippen molar-refractivity contribution in [1.82, 2.24) is 9.88 Å². The number of halogens is 6. The van der Waals surface area contributed by atoms with Crippen LogP contribution in [0.1, 0.15) is 11.3 Å². The van der Waals surface area contributed by atoms with Gasteiger partial charge < -0.3 is 4.57 Å². The summed E-state index contributed by atoms with van der Waals surface area (Å²) in [6.07, 6.45) is -2.29. The number of hydrogen-bond donors (Lipinski definition) is 1. The second-order valence-electron chi connectivity index (χ2n) is 7.02. The number of rotatable bonds is 3. The third-order valence-corrected chi connectivity index (χ3v) is 5.88. The van der Waals surface area contributed by atoms with Crippen molar-refractivity contribution in [3.05, 3.63) is 86.6 Å². The number of amides is 2.